The summed E-state index contributed by atoms with van der Waals surface area (Å²) in [5, 5.41) is 0. The zero-order chi connectivity index (χ0) is 16.3. The summed E-state index contributed by atoms with van der Waals surface area (Å²) < 4.78 is 9.68. The van der Waals surface area contributed by atoms with Gasteiger partial charge in [0.1, 0.15) is 0 Å². The van der Waals surface area contributed by atoms with Gasteiger partial charge >= 0.3 is 11.9 Å². The summed E-state index contributed by atoms with van der Waals surface area (Å²) in [5.74, 6) is -1.13. The molecule has 0 aromatic carbocycles. The molecule has 0 aliphatic heterocycles. The molecule has 0 unspecified atom stereocenters. The Morgan fingerprint density at radius 1 is 0.864 bits per heavy atom. The van der Waals surface area contributed by atoms with Crippen molar-refractivity contribution in [2.24, 2.45) is 0 Å². The fourth-order valence-corrected chi connectivity index (χ4v) is 2.36. The summed E-state index contributed by atoms with van der Waals surface area (Å²) in [4.78, 5) is 24.3. The molecular formula is C18H18O4. The predicted molar refractivity (Wildman–Crippen MR) is 83.9 cm³/mol. The van der Waals surface area contributed by atoms with Crippen LogP contribution < -0.4 is 0 Å². The molecule has 114 valence electrons. The molecule has 0 aromatic heterocycles. The maximum atomic E-state index is 12.3. The Bertz CT molecular complexity index is 709. The van der Waals surface area contributed by atoms with Gasteiger partial charge in [-0.3, -0.25) is 0 Å². The van der Waals surface area contributed by atoms with Crippen molar-refractivity contribution in [1.82, 2.24) is 0 Å². The molecule has 2 rings (SSSR count). The number of rotatable bonds is 2. The Balaban J connectivity index is 2.78. The van der Waals surface area contributed by atoms with Gasteiger partial charge in [0.05, 0.1) is 25.4 Å². The van der Waals surface area contributed by atoms with Gasteiger partial charge < -0.3 is 9.47 Å². The van der Waals surface area contributed by atoms with Crippen molar-refractivity contribution in [3.05, 3.63) is 69.9 Å². The third kappa shape index (κ3) is 2.86. The van der Waals surface area contributed by atoms with Crippen LogP contribution in [0.2, 0.25) is 0 Å². The lowest BCUT2D eigenvalue weighted by Crippen LogP contribution is -2.15. The number of hydrogen-bond donors (Lipinski definition) is 0. The van der Waals surface area contributed by atoms with E-state index >= 15 is 0 Å². The van der Waals surface area contributed by atoms with Crippen LogP contribution in [-0.4, -0.2) is 26.2 Å². The molecule has 0 atom stereocenters. The second-order valence-corrected chi connectivity index (χ2v) is 5.03. The quantitative estimate of drug-likeness (QED) is 0.735. The molecule has 0 radical (unpaired) electrons. The van der Waals surface area contributed by atoms with Crippen LogP contribution in [0.25, 0.3) is 0 Å². The summed E-state index contributed by atoms with van der Waals surface area (Å²) >= 11 is 0. The molecule has 0 N–H and O–H groups in total. The first-order chi connectivity index (χ1) is 10.5. The minimum absolute atomic E-state index is 0.191. The van der Waals surface area contributed by atoms with Crippen molar-refractivity contribution >= 4 is 11.9 Å². The molecule has 2 aliphatic rings. The van der Waals surface area contributed by atoms with E-state index in [1.165, 1.54) is 14.2 Å². The summed E-state index contributed by atoms with van der Waals surface area (Å²) in [5.41, 5.74) is 3.94. The number of methoxy groups -OCH3 is 2. The van der Waals surface area contributed by atoms with E-state index in [1.54, 1.807) is 12.2 Å². The van der Waals surface area contributed by atoms with Gasteiger partial charge in [-0.05, 0) is 36.6 Å². The summed E-state index contributed by atoms with van der Waals surface area (Å²) in [6.45, 7) is 3.90. The Labute approximate surface area is 129 Å². The topological polar surface area (TPSA) is 52.6 Å². The van der Waals surface area contributed by atoms with Crippen molar-refractivity contribution in [3.8, 4) is 0 Å². The van der Waals surface area contributed by atoms with Crippen LogP contribution in [0.3, 0.4) is 0 Å². The molecule has 4 heteroatoms. The van der Waals surface area contributed by atoms with Gasteiger partial charge in [-0.2, -0.15) is 0 Å². The fourth-order valence-electron chi connectivity index (χ4n) is 2.36. The van der Waals surface area contributed by atoms with Gasteiger partial charge in [0, 0.05) is 0 Å². The van der Waals surface area contributed by atoms with Crippen molar-refractivity contribution in [2.45, 2.75) is 13.8 Å². The fraction of sp³-hybridized carbons (Fsp3) is 0.222. The monoisotopic (exact) mass is 298 g/mol. The Kier molecular flexibility index (Phi) is 4.61. The summed E-state index contributed by atoms with van der Waals surface area (Å²) in [6, 6.07) is 0. The average Bonchev–Trinajstić information content (AvgIpc) is 2.78. The smallest absolute Gasteiger partial charge is 0.339 e. The van der Waals surface area contributed by atoms with Crippen molar-refractivity contribution in [1.29, 1.82) is 0 Å². The van der Waals surface area contributed by atoms with E-state index in [1.807, 2.05) is 38.2 Å². The zero-order valence-electron chi connectivity index (χ0n) is 13.1. The summed E-state index contributed by atoms with van der Waals surface area (Å²) in [7, 11) is 2.58. The summed E-state index contributed by atoms with van der Waals surface area (Å²) in [6.07, 6.45) is 11.0. The molecule has 0 aromatic rings. The lowest BCUT2D eigenvalue weighted by molar-refractivity contribution is -0.138. The third-order valence-corrected chi connectivity index (χ3v) is 3.57. The third-order valence-electron chi connectivity index (χ3n) is 3.57. The maximum Gasteiger partial charge on any atom is 0.339 e. The largest absolute Gasteiger partial charge is 0.465 e. The molecular weight excluding hydrogens is 280 g/mol. The number of ether oxygens (including phenoxy) is 2. The minimum atomic E-state index is -0.569. The maximum absolute atomic E-state index is 12.3. The second kappa shape index (κ2) is 6.43. The molecule has 0 saturated heterocycles. The van der Waals surface area contributed by atoms with Gasteiger partial charge in [-0.15, -0.1) is 0 Å². The van der Waals surface area contributed by atoms with Gasteiger partial charge in [-0.25, -0.2) is 9.59 Å². The van der Waals surface area contributed by atoms with Crippen molar-refractivity contribution < 1.29 is 19.1 Å². The molecule has 0 spiro atoms. The Morgan fingerprint density at radius 3 is 2.18 bits per heavy atom. The van der Waals surface area contributed by atoms with Crippen molar-refractivity contribution in [3.63, 3.8) is 0 Å². The van der Waals surface area contributed by atoms with E-state index in [4.69, 9.17) is 9.47 Å². The highest BCUT2D eigenvalue weighted by Gasteiger charge is 2.28. The number of hydrogen-bond acceptors (Lipinski definition) is 4. The second-order valence-electron chi connectivity index (χ2n) is 5.03. The number of carbonyl (C=O) groups is 2. The SMILES string of the molecule is COC(=O)C1=C(C(=O)OC)C2=CC=C(C)C=CC2=C(C)C=C1. The first-order valence-electron chi connectivity index (χ1n) is 6.87. The Morgan fingerprint density at radius 2 is 1.55 bits per heavy atom. The Hall–Kier alpha value is -2.62. The van der Waals surface area contributed by atoms with E-state index in [2.05, 4.69) is 0 Å². The van der Waals surface area contributed by atoms with Gasteiger partial charge in [0.15, 0.2) is 0 Å². The molecule has 2 aliphatic carbocycles. The molecule has 0 saturated carbocycles. The number of allylic oxidation sites excluding steroid dienone is 8. The first kappa shape index (κ1) is 15.8. The molecule has 0 heterocycles. The van der Waals surface area contributed by atoms with Crippen LogP contribution in [0.4, 0.5) is 0 Å². The van der Waals surface area contributed by atoms with E-state index < -0.39 is 11.9 Å². The lowest BCUT2D eigenvalue weighted by atomic mass is 9.93. The highest BCUT2D eigenvalue weighted by Crippen LogP contribution is 2.33. The van der Waals surface area contributed by atoms with E-state index in [9.17, 15) is 9.59 Å². The predicted octanol–water partition coefficient (Wildman–Crippen LogP) is 2.96. The van der Waals surface area contributed by atoms with E-state index in [0.717, 1.165) is 16.7 Å². The average molecular weight is 298 g/mol. The van der Waals surface area contributed by atoms with Crippen LogP contribution in [0, 0.1) is 0 Å². The number of carbonyl (C=O) groups excluding carboxylic acids is 2. The van der Waals surface area contributed by atoms with Crippen LogP contribution in [-0.2, 0) is 19.1 Å². The van der Waals surface area contributed by atoms with Crippen LogP contribution >= 0.6 is 0 Å². The van der Waals surface area contributed by atoms with Gasteiger partial charge in [0.25, 0.3) is 0 Å². The molecule has 4 nitrogen and oxygen atoms in total. The minimum Gasteiger partial charge on any atom is -0.465 e. The van der Waals surface area contributed by atoms with Crippen molar-refractivity contribution in [2.75, 3.05) is 14.2 Å². The van der Waals surface area contributed by atoms with E-state index in [-0.39, 0.29) is 11.1 Å². The van der Waals surface area contributed by atoms with E-state index in [0.29, 0.717) is 5.57 Å². The standard InChI is InChI=1S/C18H18O4/c1-11-5-8-13-12(2)7-10-15(17(19)21-3)16(18(20)22-4)14(13)9-6-11/h5-10H,1-4H3. The molecule has 0 amide bonds. The first-order valence-corrected chi connectivity index (χ1v) is 6.87. The molecule has 0 bridgehead atoms. The van der Waals surface area contributed by atoms with Crippen LogP contribution in [0.15, 0.2) is 69.9 Å². The highest BCUT2D eigenvalue weighted by atomic mass is 16.5. The number of esters is 2. The highest BCUT2D eigenvalue weighted by molar-refractivity contribution is 6.07. The lowest BCUT2D eigenvalue weighted by Gasteiger charge is -2.13. The molecule has 22 heavy (non-hydrogen) atoms. The molecule has 0 fully saturated rings. The normalized spacial score (nSPS) is 17.3. The van der Waals surface area contributed by atoms with Crippen LogP contribution in [0.5, 0.6) is 0 Å². The van der Waals surface area contributed by atoms with Gasteiger partial charge in [-0.1, -0.05) is 36.0 Å². The van der Waals surface area contributed by atoms with Crippen LogP contribution in [0.1, 0.15) is 13.8 Å². The number of fused-ring (bicyclic) bond motifs is 1. The zero-order valence-corrected chi connectivity index (χ0v) is 13.1. The van der Waals surface area contributed by atoms with Gasteiger partial charge in [0.2, 0.25) is 0 Å².